The maximum absolute atomic E-state index is 11.7. The molecule has 1 rings (SSSR count). The smallest absolute Gasteiger partial charge is 0.237 e. The van der Waals surface area contributed by atoms with Crippen LogP contribution in [0.2, 0.25) is 0 Å². The van der Waals surface area contributed by atoms with Crippen LogP contribution in [-0.4, -0.2) is 25.0 Å². The van der Waals surface area contributed by atoms with Gasteiger partial charge in [-0.15, -0.1) is 0 Å². The molecule has 0 heterocycles. The summed E-state index contributed by atoms with van der Waals surface area (Å²) in [6, 6.07) is 0.338. The van der Waals surface area contributed by atoms with E-state index in [0.717, 1.165) is 18.8 Å². The molecule has 1 unspecified atom stereocenters. The number of hydrogen-bond donors (Lipinski definition) is 2. The van der Waals surface area contributed by atoms with Crippen molar-refractivity contribution in [3.63, 3.8) is 0 Å². The quantitative estimate of drug-likeness (QED) is 0.753. The topological polar surface area (TPSA) is 41.1 Å². The van der Waals surface area contributed by atoms with E-state index in [4.69, 9.17) is 0 Å². The lowest BCUT2D eigenvalue weighted by Crippen LogP contribution is -2.46. The summed E-state index contributed by atoms with van der Waals surface area (Å²) < 4.78 is 0. The summed E-state index contributed by atoms with van der Waals surface area (Å²) in [5.41, 5.74) is 0. The Bertz CT molecular complexity index is 210. The molecule has 16 heavy (non-hydrogen) atoms. The van der Waals surface area contributed by atoms with Gasteiger partial charge in [0, 0.05) is 6.04 Å². The zero-order valence-corrected chi connectivity index (χ0v) is 10.9. The number of carbonyl (C=O) groups is 1. The van der Waals surface area contributed by atoms with Gasteiger partial charge in [-0.25, -0.2) is 0 Å². The number of likely N-dealkylation sites (N-methyl/N-ethyl adjacent to an activating group) is 1. The number of carbonyl (C=O) groups excluding carboxylic acids is 1. The molecule has 1 atom stereocenters. The molecule has 0 spiro atoms. The SMILES string of the molecule is CCCC1CCC(NC(=O)C(C)NC)CC1. The second-order valence-corrected chi connectivity index (χ2v) is 5.03. The highest BCUT2D eigenvalue weighted by Gasteiger charge is 2.22. The Morgan fingerprint density at radius 3 is 2.44 bits per heavy atom. The zero-order valence-electron chi connectivity index (χ0n) is 10.9. The highest BCUT2D eigenvalue weighted by atomic mass is 16.2. The summed E-state index contributed by atoms with van der Waals surface area (Å²) in [5.74, 6) is 1.04. The van der Waals surface area contributed by atoms with Crippen molar-refractivity contribution in [2.75, 3.05) is 7.05 Å². The Balaban J connectivity index is 2.24. The molecule has 0 aromatic carbocycles. The van der Waals surface area contributed by atoms with Gasteiger partial charge in [0.15, 0.2) is 0 Å². The van der Waals surface area contributed by atoms with E-state index in [2.05, 4.69) is 17.6 Å². The van der Waals surface area contributed by atoms with Crippen molar-refractivity contribution in [3.8, 4) is 0 Å². The largest absolute Gasteiger partial charge is 0.352 e. The van der Waals surface area contributed by atoms with Crippen molar-refractivity contribution in [2.45, 2.75) is 64.5 Å². The van der Waals surface area contributed by atoms with Crippen molar-refractivity contribution in [1.29, 1.82) is 0 Å². The van der Waals surface area contributed by atoms with E-state index in [-0.39, 0.29) is 11.9 Å². The van der Waals surface area contributed by atoms with Gasteiger partial charge < -0.3 is 10.6 Å². The molecule has 94 valence electrons. The van der Waals surface area contributed by atoms with E-state index >= 15 is 0 Å². The fourth-order valence-corrected chi connectivity index (χ4v) is 2.46. The van der Waals surface area contributed by atoms with Crippen molar-refractivity contribution < 1.29 is 4.79 Å². The van der Waals surface area contributed by atoms with Crippen molar-refractivity contribution in [2.24, 2.45) is 5.92 Å². The monoisotopic (exact) mass is 226 g/mol. The third-order valence-electron chi connectivity index (χ3n) is 3.72. The van der Waals surface area contributed by atoms with Gasteiger partial charge in [0.25, 0.3) is 0 Å². The minimum absolute atomic E-state index is 0.0756. The Morgan fingerprint density at radius 1 is 1.31 bits per heavy atom. The number of nitrogens with one attached hydrogen (secondary N) is 2. The van der Waals surface area contributed by atoms with Crippen molar-refractivity contribution in [1.82, 2.24) is 10.6 Å². The van der Waals surface area contributed by atoms with E-state index in [9.17, 15) is 4.79 Å². The summed E-state index contributed by atoms with van der Waals surface area (Å²) in [6.45, 7) is 4.15. The molecule has 0 aromatic heterocycles. The molecule has 1 aliphatic rings. The van der Waals surface area contributed by atoms with Crippen LogP contribution >= 0.6 is 0 Å². The van der Waals surface area contributed by atoms with Gasteiger partial charge in [-0.3, -0.25) is 4.79 Å². The lowest BCUT2D eigenvalue weighted by atomic mass is 9.83. The van der Waals surface area contributed by atoms with Gasteiger partial charge in [0.2, 0.25) is 5.91 Å². The second-order valence-electron chi connectivity index (χ2n) is 5.03. The number of amides is 1. The van der Waals surface area contributed by atoms with Crippen molar-refractivity contribution >= 4 is 5.91 Å². The second kappa shape index (κ2) is 6.89. The highest BCUT2D eigenvalue weighted by Crippen LogP contribution is 2.27. The van der Waals surface area contributed by atoms with Gasteiger partial charge in [-0.05, 0) is 45.6 Å². The van der Waals surface area contributed by atoms with Crippen LogP contribution in [0, 0.1) is 5.92 Å². The average Bonchev–Trinajstić information content (AvgIpc) is 2.31. The molecule has 3 heteroatoms. The maximum Gasteiger partial charge on any atom is 0.237 e. The minimum Gasteiger partial charge on any atom is -0.352 e. The summed E-state index contributed by atoms with van der Waals surface area (Å²) in [6.07, 6.45) is 7.53. The van der Waals surface area contributed by atoms with E-state index in [1.54, 1.807) is 0 Å². The summed E-state index contributed by atoms with van der Waals surface area (Å²) >= 11 is 0. The molecular formula is C13H26N2O. The summed E-state index contributed by atoms with van der Waals surface area (Å²) in [5, 5.41) is 6.10. The molecule has 3 nitrogen and oxygen atoms in total. The van der Waals surface area contributed by atoms with Crippen LogP contribution < -0.4 is 10.6 Å². The first-order valence-corrected chi connectivity index (χ1v) is 6.65. The number of rotatable bonds is 5. The normalized spacial score (nSPS) is 27.4. The van der Waals surface area contributed by atoms with Crippen LogP contribution in [0.1, 0.15) is 52.4 Å². The standard InChI is InChI=1S/C13H26N2O/c1-4-5-11-6-8-12(9-7-11)15-13(16)10(2)14-3/h10-12,14H,4-9H2,1-3H3,(H,15,16). The van der Waals surface area contributed by atoms with Gasteiger partial charge in [0.05, 0.1) is 6.04 Å². The molecule has 1 saturated carbocycles. The van der Waals surface area contributed by atoms with E-state index in [0.29, 0.717) is 6.04 Å². The Kier molecular flexibility index (Phi) is 5.81. The Morgan fingerprint density at radius 2 is 1.94 bits per heavy atom. The molecule has 1 fully saturated rings. The van der Waals surface area contributed by atoms with Crippen LogP contribution in [-0.2, 0) is 4.79 Å². The number of hydrogen-bond acceptors (Lipinski definition) is 2. The predicted molar refractivity (Wildman–Crippen MR) is 67.3 cm³/mol. The summed E-state index contributed by atoms with van der Waals surface area (Å²) in [7, 11) is 1.82. The van der Waals surface area contributed by atoms with E-state index < -0.39 is 0 Å². The lowest BCUT2D eigenvalue weighted by Gasteiger charge is -2.29. The molecule has 0 radical (unpaired) electrons. The third kappa shape index (κ3) is 4.12. The van der Waals surface area contributed by atoms with Crippen molar-refractivity contribution in [3.05, 3.63) is 0 Å². The highest BCUT2D eigenvalue weighted by molar-refractivity contribution is 5.81. The fourth-order valence-electron chi connectivity index (χ4n) is 2.46. The molecule has 0 aliphatic heterocycles. The van der Waals surface area contributed by atoms with E-state index in [1.807, 2.05) is 14.0 Å². The molecule has 1 aliphatic carbocycles. The Labute approximate surface area is 99.4 Å². The fraction of sp³-hybridized carbons (Fsp3) is 0.923. The van der Waals surface area contributed by atoms with Gasteiger partial charge >= 0.3 is 0 Å². The molecule has 0 aromatic rings. The van der Waals surface area contributed by atoms with Crippen LogP contribution in [0.3, 0.4) is 0 Å². The summed E-state index contributed by atoms with van der Waals surface area (Å²) in [4.78, 5) is 11.7. The lowest BCUT2D eigenvalue weighted by molar-refractivity contribution is -0.123. The molecule has 1 amide bonds. The maximum atomic E-state index is 11.7. The van der Waals surface area contributed by atoms with E-state index in [1.165, 1.54) is 25.7 Å². The van der Waals surface area contributed by atoms with Crippen LogP contribution in [0.4, 0.5) is 0 Å². The van der Waals surface area contributed by atoms with Crippen LogP contribution in [0.25, 0.3) is 0 Å². The third-order valence-corrected chi connectivity index (χ3v) is 3.72. The molecular weight excluding hydrogens is 200 g/mol. The first-order valence-electron chi connectivity index (χ1n) is 6.65. The van der Waals surface area contributed by atoms with Gasteiger partial charge in [-0.2, -0.15) is 0 Å². The minimum atomic E-state index is -0.0756. The zero-order chi connectivity index (χ0) is 12.0. The molecule has 2 N–H and O–H groups in total. The van der Waals surface area contributed by atoms with Crippen LogP contribution in [0.5, 0.6) is 0 Å². The van der Waals surface area contributed by atoms with Crippen LogP contribution in [0.15, 0.2) is 0 Å². The molecule has 0 bridgehead atoms. The predicted octanol–water partition coefficient (Wildman–Crippen LogP) is 2.07. The average molecular weight is 226 g/mol. The first-order chi connectivity index (χ1) is 7.67. The van der Waals surface area contributed by atoms with Gasteiger partial charge in [-0.1, -0.05) is 19.8 Å². The van der Waals surface area contributed by atoms with Gasteiger partial charge in [0.1, 0.15) is 0 Å². The first kappa shape index (κ1) is 13.5. The Hall–Kier alpha value is -0.570. The molecule has 0 saturated heterocycles.